The normalized spacial score (nSPS) is 27.6. The van der Waals surface area contributed by atoms with Crippen molar-refractivity contribution in [3.05, 3.63) is 0 Å². The number of hydrogen-bond donors (Lipinski definition) is 2. The van der Waals surface area contributed by atoms with Gasteiger partial charge in [-0.25, -0.2) is 13.1 Å². The highest BCUT2D eigenvalue weighted by molar-refractivity contribution is 14.0. The Morgan fingerprint density at radius 3 is 2.43 bits per heavy atom. The molecule has 1 aliphatic heterocycles. The number of halogens is 1. The summed E-state index contributed by atoms with van der Waals surface area (Å²) in [5.41, 5.74) is 6.12. The van der Waals surface area contributed by atoms with Crippen LogP contribution in [0.5, 0.6) is 0 Å². The molecule has 0 aromatic heterocycles. The fourth-order valence-electron chi connectivity index (χ4n) is 3.40. The summed E-state index contributed by atoms with van der Waals surface area (Å²) in [6.07, 6.45) is 7.69. The van der Waals surface area contributed by atoms with Crippen molar-refractivity contribution < 1.29 is 8.42 Å². The highest BCUT2D eigenvalue weighted by atomic mass is 127. The van der Waals surface area contributed by atoms with Crippen molar-refractivity contribution in [1.29, 1.82) is 0 Å². The molecule has 0 bridgehead atoms. The number of aliphatic imine (C=N–C) groups is 1. The van der Waals surface area contributed by atoms with Gasteiger partial charge in [-0.15, -0.1) is 24.0 Å². The van der Waals surface area contributed by atoms with Gasteiger partial charge in [0.05, 0.1) is 6.26 Å². The van der Waals surface area contributed by atoms with Gasteiger partial charge in [-0.1, -0.05) is 19.8 Å². The molecular formula is C15H31IN4O2S. The maximum atomic E-state index is 11.5. The van der Waals surface area contributed by atoms with E-state index in [-0.39, 0.29) is 35.9 Å². The fraction of sp³-hybridized carbons (Fsp3) is 0.933. The summed E-state index contributed by atoms with van der Waals surface area (Å²) in [5, 5.41) is 0. The number of hydrogen-bond acceptors (Lipinski definition) is 3. The van der Waals surface area contributed by atoms with Crippen molar-refractivity contribution in [1.82, 2.24) is 9.62 Å². The molecule has 1 heterocycles. The minimum atomic E-state index is -3.16. The molecule has 0 aromatic rings. The molecule has 2 rings (SSSR count). The van der Waals surface area contributed by atoms with E-state index in [1.807, 2.05) is 0 Å². The van der Waals surface area contributed by atoms with Crippen molar-refractivity contribution >= 4 is 40.0 Å². The van der Waals surface area contributed by atoms with Crippen molar-refractivity contribution in [2.75, 3.05) is 25.9 Å². The molecule has 3 N–H and O–H groups in total. The Kier molecular flexibility index (Phi) is 8.57. The number of nitrogens with two attached hydrogens (primary N) is 1. The van der Waals surface area contributed by atoms with E-state index in [0.717, 1.165) is 57.5 Å². The quantitative estimate of drug-likeness (QED) is 0.382. The van der Waals surface area contributed by atoms with E-state index < -0.39 is 10.0 Å². The van der Waals surface area contributed by atoms with Crippen LogP contribution in [0.15, 0.2) is 4.99 Å². The Hall–Kier alpha value is -0.0900. The standard InChI is InChI=1S/C15H30N4O2S.HI/c1-12-7-9-19(10-8-12)15(16)17-11-13-5-3-4-6-14(13)18-22(2,20)21;/h12-14,18H,3-11H2,1-2H3,(H2,16,17);1H. The second-order valence-electron chi connectivity index (χ2n) is 6.91. The monoisotopic (exact) mass is 458 g/mol. The van der Waals surface area contributed by atoms with Gasteiger partial charge in [0, 0.05) is 25.7 Å². The largest absolute Gasteiger partial charge is 0.370 e. The smallest absolute Gasteiger partial charge is 0.208 e. The lowest BCUT2D eigenvalue weighted by Crippen LogP contribution is -2.45. The van der Waals surface area contributed by atoms with Crippen molar-refractivity contribution in [3.8, 4) is 0 Å². The lowest BCUT2D eigenvalue weighted by Gasteiger charge is -2.33. The molecule has 2 unspecified atom stereocenters. The number of nitrogens with one attached hydrogen (secondary N) is 1. The van der Waals surface area contributed by atoms with Crippen LogP contribution in [-0.4, -0.2) is 51.2 Å². The molecule has 2 atom stereocenters. The Balaban J connectivity index is 0.00000264. The zero-order valence-corrected chi connectivity index (χ0v) is 17.3. The van der Waals surface area contributed by atoms with E-state index >= 15 is 0 Å². The predicted molar refractivity (Wildman–Crippen MR) is 106 cm³/mol. The lowest BCUT2D eigenvalue weighted by molar-refractivity contribution is 0.273. The van der Waals surface area contributed by atoms with Crippen LogP contribution >= 0.6 is 24.0 Å². The molecule has 0 aromatic carbocycles. The number of sulfonamides is 1. The molecule has 0 amide bonds. The maximum Gasteiger partial charge on any atom is 0.208 e. The van der Waals surface area contributed by atoms with E-state index in [2.05, 4.69) is 21.5 Å². The molecule has 136 valence electrons. The van der Waals surface area contributed by atoms with Crippen LogP contribution in [-0.2, 0) is 10.0 Å². The first-order valence-electron chi connectivity index (χ1n) is 8.37. The van der Waals surface area contributed by atoms with E-state index in [9.17, 15) is 8.42 Å². The van der Waals surface area contributed by atoms with Crippen LogP contribution in [0.1, 0.15) is 45.4 Å². The summed E-state index contributed by atoms with van der Waals surface area (Å²) >= 11 is 0. The molecule has 1 saturated carbocycles. The van der Waals surface area contributed by atoms with Gasteiger partial charge in [-0.05, 0) is 37.5 Å². The molecule has 2 fully saturated rings. The number of piperidine rings is 1. The Morgan fingerprint density at radius 2 is 1.83 bits per heavy atom. The number of likely N-dealkylation sites (tertiary alicyclic amines) is 1. The molecule has 0 radical (unpaired) electrons. The Bertz CT molecular complexity index is 490. The van der Waals surface area contributed by atoms with Gasteiger partial charge >= 0.3 is 0 Å². The highest BCUT2D eigenvalue weighted by Gasteiger charge is 2.27. The zero-order valence-electron chi connectivity index (χ0n) is 14.2. The minimum absolute atomic E-state index is 0. The van der Waals surface area contributed by atoms with Crippen molar-refractivity contribution in [2.45, 2.75) is 51.5 Å². The van der Waals surface area contributed by atoms with Crippen molar-refractivity contribution in [3.63, 3.8) is 0 Å². The molecule has 23 heavy (non-hydrogen) atoms. The Labute approximate surface area is 157 Å². The Morgan fingerprint density at radius 1 is 1.22 bits per heavy atom. The summed E-state index contributed by atoms with van der Waals surface area (Å²) in [6, 6.07) is 0.00155. The average Bonchev–Trinajstić information content (AvgIpc) is 2.45. The van der Waals surface area contributed by atoms with Crippen LogP contribution in [0, 0.1) is 11.8 Å². The van der Waals surface area contributed by atoms with Gasteiger partial charge in [-0.3, -0.25) is 4.99 Å². The summed E-state index contributed by atoms with van der Waals surface area (Å²) < 4.78 is 25.7. The molecule has 0 spiro atoms. The second kappa shape index (κ2) is 9.41. The number of guanidine groups is 1. The average molecular weight is 458 g/mol. The van der Waals surface area contributed by atoms with Crippen LogP contribution in [0.25, 0.3) is 0 Å². The van der Waals surface area contributed by atoms with Gasteiger partial charge in [0.2, 0.25) is 10.0 Å². The molecular weight excluding hydrogens is 427 g/mol. The SMILES string of the molecule is CC1CCN(C(N)=NCC2CCCCC2NS(C)(=O)=O)CC1.I. The molecule has 6 nitrogen and oxygen atoms in total. The van der Waals surface area contributed by atoms with E-state index in [1.165, 1.54) is 6.26 Å². The van der Waals surface area contributed by atoms with Gasteiger partial charge in [-0.2, -0.15) is 0 Å². The highest BCUT2D eigenvalue weighted by Crippen LogP contribution is 2.25. The van der Waals surface area contributed by atoms with Gasteiger partial charge in [0.25, 0.3) is 0 Å². The summed E-state index contributed by atoms with van der Waals surface area (Å²) in [7, 11) is -3.16. The van der Waals surface area contributed by atoms with Crippen molar-refractivity contribution in [2.24, 2.45) is 22.6 Å². The summed E-state index contributed by atoms with van der Waals surface area (Å²) in [4.78, 5) is 6.72. The maximum absolute atomic E-state index is 11.5. The fourth-order valence-corrected chi connectivity index (χ4v) is 4.27. The van der Waals surface area contributed by atoms with Gasteiger partial charge < -0.3 is 10.6 Å². The van der Waals surface area contributed by atoms with Crippen LogP contribution < -0.4 is 10.5 Å². The third-order valence-corrected chi connectivity index (χ3v) is 5.60. The third-order valence-electron chi connectivity index (χ3n) is 4.87. The van der Waals surface area contributed by atoms with Crippen LogP contribution in [0.3, 0.4) is 0 Å². The number of nitrogens with zero attached hydrogens (tertiary/aromatic N) is 2. The molecule has 8 heteroatoms. The number of rotatable bonds is 4. The minimum Gasteiger partial charge on any atom is -0.370 e. The second-order valence-corrected chi connectivity index (χ2v) is 8.69. The van der Waals surface area contributed by atoms with Gasteiger partial charge in [0.1, 0.15) is 0 Å². The predicted octanol–water partition coefficient (Wildman–Crippen LogP) is 1.76. The molecule has 1 aliphatic carbocycles. The van der Waals surface area contributed by atoms with Crippen LogP contribution in [0.4, 0.5) is 0 Å². The third kappa shape index (κ3) is 7.13. The van der Waals surface area contributed by atoms with E-state index in [4.69, 9.17) is 5.73 Å². The first-order valence-corrected chi connectivity index (χ1v) is 10.3. The molecule has 1 saturated heterocycles. The van der Waals surface area contributed by atoms with E-state index in [0.29, 0.717) is 12.5 Å². The topological polar surface area (TPSA) is 87.8 Å². The van der Waals surface area contributed by atoms with E-state index in [1.54, 1.807) is 0 Å². The zero-order chi connectivity index (χ0) is 16.2. The lowest BCUT2D eigenvalue weighted by atomic mass is 9.85. The van der Waals surface area contributed by atoms with Crippen LogP contribution in [0.2, 0.25) is 0 Å². The first-order chi connectivity index (χ1) is 10.3. The first kappa shape index (κ1) is 21.0. The summed E-state index contributed by atoms with van der Waals surface area (Å²) in [5.74, 6) is 1.65. The molecule has 2 aliphatic rings. The summed E-state index contributed by atoms with van der Waals surface area (Å²) in [6.45, 7) is 4.84. The van der Waals surface area contributed by atoms with Gasteiger partial charge in [0.15, 0.2) is 5.96 Å².